The Hall–Kier alpha value is -2.86. The Kier molecular flexibility index (Phi) is 6.31. The number of ether oxygens (including phenoxy) is 3. The second kappa shape index (κ2) is 8.89. The highest BCUT2D eigenvalue weighted by atomic mass is 79.9. The third-order valence-electron chi connectivity index (χ3n) is 3.76. The number of esters is 1. The zero-order chi connectivity index (χ0) is 20.1. The van der Waals surface area contributed by atoms with Crippen molar-refractivity contribution in [1.82, 2.24) is 0 Å². The van der Waals surface area contributed by atoms with Crippen LogP contribution in [-0.4, -0.2) is 25.1 Å². The Morgan fingerprint density at radius 3 is 2.61 bits per heavy atom. The summed E-state index contributed by atoms with van der Waals surface area (Å²) in [5, 5.41) is 0. The van der Waals surface area contributed by atoms with E-state index in [1.54, 1.807) is 12.1 Å². The molecule has 0 fully saturated rings. The quantitative estimate of drug-likeness (QED) is 0.338. The minimum absolute atomic E-state index is 0.232. The van der Waals surface area contributed by atoms with Gasteiger partial charge in [0.25, 0.3) is 0 Å². The van der Waals surface area contributed by atoms with Crippen molar-refractivity contribution in [2.75, 3.05) is 13.2 Å². The first-order valence-electron chi connectivity index (χ1n) is 8.79. The third-order valence-corrected chi connectivity index (χ3v) is 4.29. The van der Waals surface area contributed by atoms with Crippen LogP contribution in [0, 0.1) is 0 Å². The molecule has 3 rings (SSSR count). The Labute approximate surface area is 172 Å². The minimum Gasteiger partial charge on any atom is -0.490 e. The molecule has 6 heteroatoms. The molecule has 0 aromatic heterocycles. The number of carbonyl (C=O) groups excluding carboxylic acids is 1. The van der Waals surface area contributed by atoms with Gasteiger partial charge in [0.05, 0.1) is 6.61 Å². The van der Waals surface area contributed by atoms with Crippen LogP contribution >= 0.6 is 15.9 Å². The summed E-state index contributed by atoms with van der Waals surface area (Å²) < 4.78 is 17.6. The molecule has 2 aromatic carbocycles. The van der Waals surface area contributed by atoms with E-state index >= 15 is 0 Å². The van der Waals surface area contributed by atoms with Crippen molar-refractivity contribution in [3.63, 3.8) is 0 Å². The molecule has 0 saturated heterocycles. The molecule has 0 spiro atoms. The van der Waals surface area contributed by atoms with Gasteiger partial charge in [0.1, 0.15) is 6.61 Å². The van der Waals surface area contributed by atoms with Crippen LogP contribution in [0.25, 0.3) is 6.08 Å². The number of aliphatic imine (C=N–C) groups is 1. The molecule has 0 saturated carbocycles. The molecule has 2 aromatic rings. The summed E-state index contributed by atoms with van der Waals surface area (Å²) in [5.41, 5.74) is 2.64. The molecule has 0 bridgehead atoms. The van der Waals surface area contributed by atoms with E-state index in [4.69, 9.17) is 14.2 Å². The molecule has 0 radical (unpaired) electrons. The number of halogens is 1. The topological polar surface area (TPSA) is 57.1 Å². The molecule has 1 heterocycles. The largest absolute Gasteiger partial charge is 0.490 e. The van der Waals surface area contributed by atoms with Crippen molar-refractivity contribution < 1.29 is 19.0 Å². The van der Waals surface area contributed by atoms with Crippen molar-refractivity contribution in [3.05, 3.63) is 75.9 Å². The van der Waals surface area contributed by atoms with Gasteiger partial charge in [-0.25, -0.2) is 9.79 Å². The fraction of sp³-hybridized carbons (Fsp3) is 0.182. The summed E-state index contributed by atoms with van der Waals surface area (Å²) in [7, 11) is 0. The van der Waals surface area contributed by atoms with Crippen LogP contribution < -0.4 is 9.47 Å². The Bertz CT molecular complexity index is 961. The lowest BCUT2D eigenvalue weighted by atomic mass is 10.1. The molecule has 1 aliphatic rings. The highest BCUT2D eigenvalue weighted by Gasteiger charge is 2.24. The normalized spacial score (nSPS) is 14.6. The summed E-state index contributed by atoms with van der Waals surface area (Å²) in [6.07, 6.45) is 1.67. The number of hydrogen-bond acceptors (Lipinski definition) is 5. The van der Waals surface area contributed by atoms with E-state index in [0.29, 0.717) is 24.7 Å². The predicted molar refractivity (Wildman–Crippen MR) is 113 cm³/mol. The molecule has 5 nitrogen and oxygen atoms in total. The molecule has 0 atom stereocenters. The van der Waals surface area contributed by atoms with Crippen molar-refractivity contribution in [2.24, 2.45) is 4.99 Å². The lowest BCUT2D eigenvalue weighted by molar-refractivity contribution is -0.129. The summed E-state index contributed by atoms with van der Waals surface area (Å²) in [6, 6.07) is 12.9. The standard InChI is InChI=1S/C22H20BrNO4/c1-4-26-20-12-15(5-10-19(20)27-13-14(2)3)11-18-22(25)28-21(24-18)16-6-8-17(23)9-7-16/h5-12H,2,4,13H2,1,3H3/b18-11-. The van der Waals surface area contributed by atoms with Crippen LogP contribution in [0.1, 0.15) is 25.0 Å². The fourth-order valence-corrected chi connectivity index (χ4v) is 2.75. The van der Waals surface area contributed by atoms with Crippen molar-refractivity contribution in [2.45, 2.75) is 13.8 Å². The summed E-state index contributed by atoms with van der Waals surface area (Å²) in [6.45, 7) is 8.54. The first-order valence-corrected chi connectivity index (χ1v) is 9.58. The number of nitrogens with zero attached hydrogens (tertiary/aromatic N) is 1. The van der Waals surface area contributed by atoms with Gasteiger partial charge in [0.15, 0.2) is 17.2 Å². The lowest BCUT2D eigenvalue weighted by Gasteiger charge is -2.12. The molecule has 0 N–H and O–H groups in total. The second-order valence-corrected chi connectivity index (χ2v) is 7.14. The smallest absolute Gasteiger partial charge is 0.363 e. The van der Waals surface area contributed by atoms with E-state index < -0.39 is 5.97 Å². The first-order chi connectivity index (χ1) is 13.5. The minimum atomic E-state index is -0.488. The summed E-state index contributed by atoms with van der Waals surface area (Å²) in [4.78, 5) is 16.5. The van der Waals surface area contributed by atoms with Gasteiger partial charge in [0.2, 0.25) is 5.90 Å². The Morgan fingerprint density at radius 2 is 1.93 bits per heavy atom. The fourth-order valence-electron chi connectivity index (χ4n) is 2.49. The average molecular weight is 442 g/mol. The number of hydrogen-bond donors (Lipinski definition) is 0. The summed E-state index contributed by atoms with van der Waals surface area (Å²) >= 11 is 3.38. The number of benzene rings is 2. The SMILES string of the molecule is C=C(C)COc1ccc(/C=C2\N=C(c3ccc(Br)cc3)OC2=O)cc1OCC. The molecule has 0 amide bonds. The van der Waals surface area contributed by atoms with Crippen LogP contribution in [0.15, 0.2) is 69.8 Å². The van der Waals surface area contributed by atoms with Crippen LogP contribution in [0.2, 0.25) is 0 Å². The lowest BCUT2D eigenvalue weighted by Crippen LogP contribution is -2.05. The van der Waals surface area contributed by atoms with Crippen LogP contribution in [0.4, 0.5) is 0 Å². The molecule has 0 aliphatic carbocycles. The highest BCUT2D eigenvalue weighted by Crippen LogP contribution is 2.30. The van der Waals surface area contributed by atoms with Gasteiger partial charge in [-0.05, 0) is 67.5 Å². The highest BCUT2D eigenvalue weighted by molar-refractivity contribution is 9.10. The van der Waals surface area contributed by atoms with E-state index in [9.17, 15) is 4.79 Å². The molecule has 0 unspecified atom stereocenters. The molecule has 28 heavy (non-hydrogen) atoms. The predicted octanol–water partition coefficient (Wildman–Crippen LogP) is 5.15. The van der Waals surface area contributed by atoms with Crippen LogP contribution in [0.5, 0.6) is 11.5 Å². The van der Waals surface area contributed by atoms with E-state index in [1.165, 1.54) is 0 Å². The van der Waals surface area contributed by atoms with Crippen LogP contribution in [-0.2, 0) is 9.53 Å². The van der Waals surface area contributed by atoms with Gasteiger partial charge in [0, 0.05) is 10.0 Å². The monoisotopic (exact) mass is 441 g/mol. The Balaban J connectivity index is 1.87. The molecule has 144 valence electrons. The van der Waals surface area contributed by atoms with Gasteiger partial charge >= 0.3 is 5.97 Å². The number of cyclic esters (lactones) is 1. The van der Waals surface area contributed by atoms with Gasteiger partial charge in [-0.3, -0.25) is 0 Å². The first kappa shape index (κ1) is 19.9. The molecular formula is C22H20BrNO4. The van der Waals surface area contributed by atoms with Crippen molar-refractivity contribution in [1.29, 1.82) is 0 Å². The van der Waals surface area contributed by atoms with Crippen LogP contribution in [0.3, 0.4) is 0 Å². The molecular weight excluding hydrogens is 422 g/mol. The maximum absolute atomic E-state index is 12.2. The van der Waals surface area contributed by atoms with E-state index in [1.807, 2.05) is 50.2 Å². The number of rotatable bonds is 7. The van der Waals surface area contributed by atoms with Gasteiger partial charge in [-0.15, -0.1) is 0 Å². The van der Waals surface area contributed by atoms with E-state index in [0.717, 1.165) is 21.2 Å². The zero-order valence-corrected chi connectivity index (χ0v) is 17.3. The van der Waals surface area contributed by atoms with Gasteiger partial charge in [-0.2, -0.15) is 0 Å². The van der Waals surface area contributed by atoms with E-state index in [-0.39, 0.29) is 11.6 Å². The number of carbonyl (C=O) groups is 1. The average Bonchev–Trinajstić information content (AvgIpc) is 3.02. The second-order valence-electron chi connectivity index (χ2n) is 6.23. The van der Waals surface area contributed by atoms with Gasteiger partial charge in [-0.1, -0.05) is 28.6 Å². The zero-order valence-electron chi connectivity index (χ0n) is 15.7. The van der Waals surface area contributed by atoms with Crippen molar-refractivity contribution >= 4 is 33.9 Å². The van der Waals surface area contributed by atoms with E-state index in [2.05, 4.69) is 27.5 Å². The summed E-state index contributed by atoms with van der Waals surface area (Å²) in [5.74, 6) is 1.02. The molecule has 1 aliphatic heterocycles. The van der Waals surface area contributed by atoms with Crippen molar-refractivity contribution in [3.8, 4) is 11.5 Å². The Morgan fingerprint density at radius 1 is 1.18 bits per heavy atom. The van der Waals surface area contributed by atoms with Gasteiger partial charge < -0.3 is 14.2 Å². The maximum atomic E-state index is 12.2. The third kappa shape index (κ3) is 4.89. The maximum Gasteiger partial charge on any atom is 0.363 e.